The molecule has 1 amide bonds. The molecular formula is C8H16N2O2. The lowest BCUT2D eigenvalue weighted by Crippen LogP contribution is -2.42. The Hall–Kier alpha value is -0.610. The van der Waals surface area contributed by atoms with E-state index in [1.807, 2.05) is 0 Å². The predicted octanol–water partition coefficient (Wildman–Crippen LogP) is -0.813. The molecule has 1 aliphatic heterocycles. The van der Waals surface area contributed by atoms with Crippen molar-refractivity contribution in [3.63, 3.8) is 0 Å². The average molecular weight is 172 g/mol. The third-order valence-corrected chi connectivity index (χ3v) is 2.30. The number of aliphatic hydroxyl groups excluding tert-OH is 1. The largest absolute Gasteiger partial charge is 0.391 e. The second kappa shape index (κ2) is 3.87. The molecule has 0 bridgehead atoms. The van der Waals surface area contributed by atoms with Crippen molar-refractivity contribution >= 4 is 5.91 Å². The smallest absolute Gasteiger partial charge is 0.239 e. The van der Waals surface area contributed by atoms with E-state index in [4.69, 9.17) is 0 Å². The zero-order valence-electron chi connectivity index (χ0n) is 7.58. The summed E-state index contributed by atoms with van der Waals surface area (Å²) in [5.74, 6) is 0.0778. The van der Waals surface area contributed by atoms with Gasteiger partial charge in [-0.05, 0) is 19.9 Å². The van der Waals surface area contributed by atoms with Gasteiger partial charge in [-0.1, -0.05) is 0 Å². The summed E-state index contributed by atoms with van der Waals surface area (Å²) in [5.41, 5.74) is 0. The fraction of sp³-hybridized carbons (Fsp3) is 0.875. The number of β-amino-alcohol motifs (C(OH)–C–C–N with tert-alkyl or cyclic N) is 1. The van der Waals surface area contributed by atoms with E-state index in [1.54, 1.807) is 19.0 Å². The Morgan fingerprint density at radius 2 is 2.25 bits per heavy atom. The van der Waals surface area contributed by atoms with Crippen LogP contribution in [0.5, 0.6) is 0 Å². The summed E-state index contributed by atoms with van der Waals surface area (Å²) in [4.78, 5) is 13.1. The SMILES string of the molecule is CNC1CCC(O)CN(C)C1=O. The summed E-state index contributed by atoms with van der Waals surface area (Å²) in [7, 11) is 3.50. The lowest BCUT2D eigenvalue weighted by atomic mass is 10.1. The molecule has 1 heterocycles. The molecule has 0 saturated carbocycles. The third kappa shape index (κ3) is 1.95. The average Bonchev–Trinajstić information content (AvgIpc) is 2.14. The molecule has 0 aromatic rings. The highest BCUT2D eigenvalue weighted by molar-refractivity contribution is 5.81. The maximum atomic E-state index is 11.5. The van der Waals surface area contributed by atoms with E-state index < -0.39 is 0 Å². The molecular weight excluding hydrogens is 156 g/mol. The van der Waals surface area contributed by atoms with Gasteiger partial charge in [-0.25, -0.2) is 0 Å². The molecule has 1 rings (SSSR count). The van der Waals surface area contributed by atoms with Crippen LogP contribution in [0.15, 0.2) is 0 Å². The molecule has 2 unspecified atom stereocenters. The number of nitrogens with zero attached hydrogens (tertiary/aromatic N) is 1. The highest BCUT2D eigenvalue weighted by Gasteiger charge is 2.26. The minimum Gasteiger partial charge on any atom is -0.391 e. The predicted molar refractivity (Wildman–Crippen MR) is 45.7 cm³/mol. The maximum Gasteiger partial charge on any atom is 0.239 e. The van der Waals surface area contributed by atoms with E-state index >= 15 is 0 Å². The quantitative estimate of drug-likeness (QED) is 0.544. The van der Waals surface area contributed by atoms with Crippen LogP contribution < -0.4 is 5.32 Å². The van der Waals surface area contributed by atoms with E-state index in [9.17, 15) is 9.90 Å². The molecule has 4 nitrogen and oxygen atoms in total. The van der Waals surface area contributed by atoms with E-state index in [0.29, 0.717) is 13.0 Å². The van der Waals surface area contributed by atoms with E-state index in [0.717, 1.165) is 6.42 Å². The molecule has 70 valence electrons. The van der Waals surface area contributed by atoms with Crippen molar-refractivity contribution in [2.45, 2.75) is 25.0 Å². The fourth-order valence-electron chi connectivity index (χ4n) is 1.51. The van der Waals surface area contributed by atoms with Crippen molar-refractivity contribution in [2.24, 2.45) is 0 Å². The lowest BCUT2D eigenvalue weighted by Gasteiger charge is -2.19. The molecule has 4 heteroatoms. The zero-order chi connectivity index (χ0) is 9.14. The number of likely N-dealkylation sites (N-methyl/N-ethyl adjacent to an activating group) is 2. The van der Waals surface area contributed by atoms with Gasteiger partial charge in [0.1, 0.15) is 0 Å². The number of amides is 1. The summed E-state index contributed by atoms with van der Waals surface area (Å²) in [6.45, 7) is 0.455. The van der Waals surface area contributed by atoms with Gasteiger partial charge in [0, 0.05) is 13.6 Å². The Labute approximate surface area is 72.6 Å². The van der Waals surface area contributed by atoms with Crippen LogP contribution >= 0.6 is 0 Å². The number of nitrogens with one attached hydrogen (secondary N) is 1. The molecule has 1 aliphatic rings. The van der Waals surface area contributed by atoms with Crippen LogP contribution in [0.2, 0.25) is 0 Å². The van der Waals surface area contributed by atoms with E-state index in [2.05, 4.69) is 5.32 Å². The van der Waals surface area contributed by atoms with Crippen LogP contribution in [0.3, 0.4) is 0 Å². The molecule has 2 N–H and O–H groups in total. The normalized spacial score (nSPS) is 31.9. The highest BCUT2D eigenvalue weighted by atomic mass is 16.3. The number of rotatable bonds is 1. The van der Waals surface area contributed by atoms with Crippen LogP contribution in [0, 0.1) is 0 Å². The molecule has 1 saturated heterocycles. The molecule has 12 heavy (non-hydrogen) atoms. The monoisotopic (exact) mass is 172 g/mol. The Morgan fingerprint density at radius 1 is 1.58 bits per heavy atom. The van der Waals surface area contributed by atoms with Gasteiger partial charge < -0.3 is 15.3 Å². The van der Waals surface area contributed by atoms with Gasteiger partial charge >= 0.3 is 0 Å². The van der Waals surface area contributed by atoms with Crippen molar-refractivity contribution in [3.05, 3.63) is 0 Å². The van der Waals surface area contributed by atoms with Crippen molar-refractivity contribution < 1.29 is 9.90 Å². The summed E-state index contributed by atoms with van der Waals surface area (Å²) >= 11 is 0. The van der Waals surface area contributed by atoms with Crippen LogP contribution in [0.4, 0.5) is 0 Å². The van der Waals surface area contributed by atoms with Gasteiger partial charge in [0.15, 0.2) is 0 Å². The first-order valence-corrected chi connectivity index (χ1v) is 4.25. The third-order valence-electron chi connectivity index (χ3n) is 2.30. The number of hydrogen-bond acceptors (Lipinski definition) is 3. The fourth-order valence-corrected chi connectivity index (χ4v) is 1.51. The molecule has 0 radical (unpaired) electrons. The standard InChI is InChI=1S/C8H16N2O2/c1-9-7-4-3-6(11)5-10(2)8(7)12/h6-7,9,11H,3-5H2,1-2H3. The lowest BCUT2D eigenvalue weighted by molar-refractivity contribution is -0.132. The molecule has 1 fully saturated rings. The molecule has 0 aromatic carbocycles. The summed E-state index contributed by atoms with van der Waals surface area (Å²) in [6, 6.07) is -0.118. The number of hydrogen-bond donors (Lipinski definition) is 2. The van der Waals surface area contributed by atoms with Crippen molar-refractivity contribution in [1.29, 1.82) is 0 Å². The number of aliphatic hydroxyl groups is 1. The minimum atomic E-state index is -0.364. The van der Waals surface area contributed by atoms with Crippen molar-refractivity contribution in [1.82, 2.24) is 10.2 Å². The van der Waals surface area contributed by atoms with Gasteiger partial charge in [0.25, 0.3) is 0 Å². The van der Waals surface area contributed by atoms with Crippen LogP contribution in [0.1, 0.15) is 12.8 Å². The summed E-state index contributed by atoms with van der Waals surface area (Å²) in [6.07, 6.45) is 1.06. The van der Waals surface area contributed by atoms with E-state index in [-0.39, 0.29) is 18.1 Å². The van der Waals surface area contributed by atoms with Crippen LogP contribution in [-0.4, -0.2) is 48.7 Å². The maximum absolute atomic E-state index is 11.5. The Morgan fingerprint density at radius 3 is 2.83 bits per heavy atom. The molecule has 2 atom stereocenters. The number of likely N-dealkylation sites (tertiary alicyclic amines) is 1. The van der Waals surface area contributed by atoms with E-state index in [1.165, 1.54) is 0 Å². The highest BCUT2D eigenvalue weighted by Crippen LogP contribution is 2.10. The topological polar surface area (TPSA) is 52.6 Å². The Bertz CT molecular complexity index is 172. The van der Waals surface area contributed by atoms with Gasteiger partial charge in [0.05, 0.1) is 12.1 Å². The minimum absolute atomic E-state index is 0.0778. The second-order valence-corrected chi connectivity index (χ2v) is 3.29. The Kier molecular flexibility index (Phi) is 3.05. The Balaban J connectivity index is 2.63. The van der Waals surface area contributed by atoms with Crippen molar-refractivity contribution in [3.8, 4) is 0 Å². The van der Waals surface area contributed by atoms with Crippen LogP contribution in [-0.2, 0) is 4.79 Å². The van der Waals surface area contributed by atoms with Gasteiger partial charge in [-0.3, -0.25) is 4.79 Å². The first-order chi connectivity index (χ1) is 5.65. The number of carbonyl (C=O) groups is 1. The zero-order valence-corrected chi connectivity index (χ0v) is 7.58. The molecule has 0 aliphatic carbocycles. The first kappa shape index (κ1) is 9.48. The number of carbonyl (C=O) groups excluding carboxylic acids is 1. The summed E-state index contributed by atoms with van der Waals surface area (Å²) in [5, 5.41) is 12.3. The first-order valence-electron chi connectivity index (χ1n) is 4.25. The van der Waals surface area contributed by atoms with Crippen molar-refractivity contribution in [2.75, 3.05) is 20.6 Å². The van der Waals surface area contributed by atoms with Gasteiger partial charge in [-0.2, -0.15) is 0 Å². The van der Waals surface area contributed by atoms with Gasteiger partial charge in [0.2, 0.25) is 5.91 Å². The second-order valence-electron chi connectivity index (χ2n) is 3.29. The van der Waals surface area contributed by atoms with Crippen LogP contribution in [0.25, 0.3) is 0 Å². The molecule has 0 spiro atoms. The summed E-state index contributed by atoms with van der Waals surface area (Å²) < 4.78 is 0. The van der Waals surface area contributed by atoms with Gasteiger partial charge in [-0.15, -0.1) is 0 Å². The molecule has 0 aromatic heterocycles.